The van der Waals surface area contributed by atoms with Crippen molar-refractivity contribution in [1.29, 1.82) is 0 Å². The molecule has 0 saturated carbocycles. The number of quaternary nitrogens is 1. The summed E-state index contributed by atoms with van der Waals surface area (Å²) in [6.07, 6.45) is 0. The Morgan fingerprint density at radius 3 is 1.67 bits per heavy atom. The maximum atomic E-state index is 8.39. The molecule has 54 valence electrons. The zero-order valence-electron chi connectivity index (χ0n) is 6.42. The molecule has 0 aromatic rings. The van der Waals surface area contributed by atoms with Crippen molar-refractivity contribution in [2.45, 2.75) is 0 Å². The van der Waals surface area contributed by atoms with Crippen molar-refractivity contribution in [1.82, 2.24) is 0 Å². The van der Waals surface area contributed by atoms with Crippen LogP contribution in [0, 0.1) is 0 Å². The van der Waals surface area contributed by atoms with Crippen LogP contribution in [-0.2, 0) is 4.70 Å². The fourth-order valence-corrected chi connectivity index (χ4v) is 0.300. The molecule has 0 rings (SSSR count). The molecule has 0 amide bonds. The Kier molecular flexibility index (Phi) is 7.60. The predicted octanol–water partition coefficient (Wildman–Crippen LogP) is -1.08. The van der Waals surface area contributed by atoms with Crippen LogP contribution in [0.4, 0.5) is 0 Å². The summed E-state index contributed by atoms with van der Waals surface area (Å²) >= 11 is 0. The standard InChI is InChI=1S/C5H14NO.BHO/c1-6(2,3)4-5-7;1-2/h7H,4-5H2,1-3H3;1H/q+1;. The minimum absolute atomic E-state index is 0.281. The summed E-state index contributed by atoms with van der Waals surface area (Å²) in [5.41, 5.74) is 0. The number of likely N-dealkylation sites (N-methyl/N-ethyl adjacent to an activating group) is 1. The van der Waals surface area contributed by atoms with Gasteiger partial charge in [-0.05, 0) is 0 Å². The zero-order valence-corrected chi connectivity index (χ0v) is 6.42. The first-order chi connectivity index (χ1) is 4.06. The molecule has 4 heteroatoms. The first kappa shape index (κ1) is 11.6. The van der Waals surface area contributed by atoms with Gasteiger partial charge >= 0.3 is 12.4 Å². The van der Waals surface area contributed by atoms with Crippen LogP contribution in [0.25, 0.3) is 0 Å². The first-order valence-electron chi connectivity index (χ1n) is 2.76. The van der Waals surface area contributed by atoms with E-state index in [2.05, 4.69) is 21.1 Å². The topological polar surface area (TPSA) is 37.3 Å². The molecule has 0 unspecified atom stereocenters. The SMILES string of the molecule is B=O.C[N+](C)(C)CCO. The molecule has 0 aliphatic carbocycles. The van der Waals surface area contributed by atoms with Crippen LogP contribution in [0.1, 0.15) is 0 Å². The normalized spacial score (nSPS) is 9.67. The Morgan fingerprint density at radius 1 is 1.33 bits per heavy atom. The molecule has 0 atom stereocenters. The van der Waals surface area contributed by atoms with Crippen molar-refractivity contribution in [3.05, 3.63) is 0 Å². The van der Waals surface area contributed by atoms with Gasteiger partial charge < -0.3 is 9.59 Å². The Morgan fingerprint density at radius 2 is 1.67 bits per heavy atom. The minimum atomic E-state index is 0.281. The smallest absolute Gasteiger partial charge is 0.101 e. The maximum Gasteiger partial charge on any atom is 0.101 e. The molecule has 0 spiro atoms. The van der Waals surface area contributed by atoms with Crippen molar-refractivity contribution in [3.8, 4) is 0 Å². The maximum absolute atomic E-state index is 8.39. The third kappa shape index (κ3) is 18.2. The van der Waals surface area contributed by atoms with Crippen molar-refractivity contribution in [3.63, 3.8) is 0 Å². The molecule has 0 bridgehead atoms. The van der Waals surface area contributed by atoms with Crippen LogP contribution in [0.2, 0.25) is 0 Å². The third-order valence-electron chi connectivity index (χ3n) is 0.771. The first-order valence-corrected chi connectivity index (χ1v) is 2.76. The van der Waals surface area contributed by atoms with Gasteiger partial charge in [-0.2, -0.15) is 0 Å². The van der Waals surface area contributed by atoms with E-state index < -0.39 is 0 Å². The second-order valence-corrected chi connectivity index (χ2v) is 2.74. The Labute approximate surface area is 57.3 Å². The molecular formula is C5H15BNO2+. The Hall–Kier alpha value is -0.215. The molecule has 0 aromatic carbocycles. The molecule has 0 radical (unpaired) electrons. The predicted molar refractivity (Wildman–Crippen MR) is 37.8 cm³/mol. The largest absolute Gasteiger partial charge is 0.391 e. The molecule has 0 saturated heterocycles. The molecule has 9 heavy (non-hydrogen) atoms. The van der Waals surface area contributed by atoms with E-state index in [0.717, 1.165) is 11.0 Å². The zero-order chi connectivity index (χ0) is 7.91. The van der Waals surface area contributed by atoms with E-state index in [1.54, 1.807) is 0 Å². The summed E-state index contributed by atoms with van der Waals surface area (Å²) in [6, 6.07) is 0. The second-order valence-electron chi connectivity index (χ2n) is 2.74. The summed E-state index contributed by atoms with van der Waals surface area (Å²) in [5.74, 6) is 0. The van der Waals surface area contributed by atoms with Crippen LogP contribution >= 0.6 is 0 Å². The molecule has 0 aliphatic heterocycles. The molecule has 0 aromatic heterocycles. The Bertz CT molecular complexity index is 62.5. The van der Waals surface area contributed by atoms with Crippen LogP contribution in [0.15, 0.2) is 0 Å². The Balaban J connectivity index is 0. The van der Waals surface area contributed by atoms with Crippen molar-refractivity contribution in [2.75, 3.05) is 34.3 Å². The van der Waals surface area contributed by atoms with Gasteiger partial charge in [-0.3, -0.25) is 0 Å². The van der Waals surface area contributed by atoms with E-state index in [-0.39, 0.29) is 6.61 Å². The van der Waals surface area contributed by atoms with Crippen molar-refractivity contribution in [2.24, 2.45) is 0 Å². The average Bonchev–Trinajstić information content (AvgIpc) is 1.69. The molecule has 1 N–H and O–H groups in total. The van der Waals surface area contributed by atoms with Crippen molar-refractivity contribution >= 4 is 7.72 Å². The van der Waals surface area contributed by atoms with Crippen LogP contribution in [-0.4, -0.2) is 51.6 Å². The van der Waals surface area contributed by atoms with Crippen LogP contribution < -0.4 is 0 Å². The van der Waals surface area contributed by atoms with Gasteiger partial charge in [-0.25, -0.2) is 0 Å². The van der Waals surface area contributed by atoms with Crippen LogP contribution in [0.5, 0.6) is 0 Å². The molecular weight excluding hydrogens is 117 g/mol. The molecule has 0 fully saturated rings. The third-order valence-corrected chi connectivity index (χ3v) is 0.771. The van der Waals surface area contributed by atoms with Gasteiger partial charge in [0.2, 0.25) is 0 Å². The molecule has 0 aliphatic rings. The summed E-state index contributed by atoms with van der Waals surface area (Å²) in [5, 5.41) is 8.39. The van der Waals surface area contributed by atoms with E-state index in [1.165, 1.54) is 0 Å². The number of aliphatic hydroxyl groups excluding tert-OH is 1. The van der Waals surface area contributed by atoms with E-state index in [9.17, 15) is 0 Å². The fourth-order valence-electron chi connectivity index (χ4n) is 0.300. The van der Waals surface area contributed by atoms with Gasteiger partial charge in [-0.1, -0.05) is 0 Å². The summed E-state index contributed by atoms with van der Waals surface area (Å²) in [6.45, 7) is 1.11. The van der Waals surface area contributed by atoms with Gasteiger partial charge in [0.25, 0.3) is 0 Å². The van der Waals surface area contributed by atoms with Gasteiger partial charge in [-0.15, -0.1) is 0 Å². The van der Waals surface area contributed by atoms with E-state index in [4.69, 9.17) is 9.81 Å². The van der Waals surface area contributed by atoms with E-state index >= 15 is 0 Å². The van der Waals surface area contributed by atoms with Gasteiger partial charge in [0.15, 0.2) is 0 Å². The average molecular weight is 132 g/mol. The fraction of sp³-hybridized carbons (Fsp3) is 1.00. The second kappa shape index (κ2) is 5.91. The molecule has 3 nitrogen and oxygen atoms in total. The quantitative estimate of drug-likeness (QED) is 0.383. The summed E-state index contributed by atoms with van der Waals surface area (Å²) in [4.78, 5) is 0. The number of rotatable bonds is 2. The van der Waals surface area contributed by atoms with Gasteiger partial charge in [0, 0.05) is 0 Å². The summed E-state index contributed by atoms with van der Waals surface area (Å²) < 4.78 is 8.84. The van der Waals surface area contributed by atoms with E-state index in [0.29, 0.717) is 0 Å². The van der Waals surface area contributed by atoms with E-state index in [1.807, 2.05) is 7.72 Å². The minimum Gasteiger partial charge on any atom is -0.391 e. The number of hydrogen-bond donors (Lipinski definition) is 1. The van der Waals surface area contributed by atoms with Crippen LogP contribution in [0.3, 0.4) is 0 Å². The van der Waals surface area contributed by atoms with Gasteiger partial charge in [0.05, 0.1) is 27.7 Å². The van der Waals surface area contributed by atoms with Gasteiger partial charge in [0.1, 0.15) is 6.54 Å². The summed E-state index contributed by atoms with van der Waals surface area (Å²) in [7, 11) is 8.16. The molecule has 0 heterocycles. The monoisotopic (exact) mass is 132 g/mol. The number of aliphatic hydroxyl groups is 1. The number of hydrogen-bond acceptors (Lipinski definition) is 2. The van der Waals surface area contributed by atoms with Crippen molar-refractivity contribution < 1.29 is 14.3 Å². The number of nitrogens with zero attached hydrogens (tertiary/aromatic N) is 1.